The number of H-pyrrole nitrogens is 1. The second-order valence-corrected chi connectivity index (χ2v) is 6.30. The number of aromatic nitrogens is 1. The van der Waals surface area contributed by atoms with Crippen molar-refractivity contribution in [1.82, 2.24) is 4.98 Å². The fraction of sp³-hybridized carbons (Fsp3) is 0.0476. The maximum absolute atomic E-state index is 14.4. The molecule has 2 aromatic carbocycles. The minimum Gasteiger partial charge on any atom is -0.478 e. The second kappa shape index (κ2) is 6.25. The molecule has 5 nitrogen and oxygen atoms in total. The van der Waals surface area contributed by atoms with E-state index in [1.807, 2.05) is 0 Å². The molecule has 1 aliphatic rings. The van der Waals surface area contributed by atoms with Crippen LogP contribution in [0.5, 0.6) is 0 Å². The first-order valence-electron chi connectivity index (χ1n) is 8.30. The van der Waals surface area contributed by atoms with Crippen LogP contribution >= 0.6 is 0 Å². The van der Waals surface area contributed by atoms with E-state index in [9.17, 15) is 19.1 Å². The van der Waals surface area contributed by atoms with Gasteiger partial charge in [0.05, 0.1) is 16.8 Å². The van der Waals surface area contributed by atoms with Crippen LogP contribution in [0.15, 0.2) is 48.5 Å². The first-order chi connectivity index (χ1) is 13.0. The van der Waals surface area contributed by atoms with Gasteiger partial charge in [-0.25, -0.2) is 9.18 Å². The highest BCUT2D eigenvalue weighted by molar-refractivity contribution is 6.36. The molecule has 0 radical (unpaired) electrons. The van der Waals surface area contributed by atoms with Gasteiger partial charge in [-0.15, -0.1) is 0 Å². The number of rotatable bonds is 3. The van der Waals surface area contributed by atoms with Crippen LogP contribution in [0.25, 0.3) is 22.8 Å². The van der Waals surface area contributed by atoms with Gasteiger partial charge in [0.2, 0.25) is 0 Å². The molecule has 1 amide bonds. The van der Waals surface area contributed by atoms with Crippen LogP contribution in [-0.2, 0) is 4.79 Å². The highest BCUT2D eigenvalue weighted by Gasteiger charge is 2.28. The molecule has 0 fully saturated rings. The summed E-state index contributed by atoms with van der Waals surface area (Å²) >= 11 is 0. The number of carboxylic acid groups (broad SMARTS) is 1. The Morgan fingerprint density at radius 2 is 1.85 bits per heavy atom. The maximum atomic E-state index is 14.4. The van der Waals surface area contributed by atoms with Crippen molar-refractivity contribution in [2.75, 3.05) is 5.32 Å². The molecular formula is C21H15FN2O3. The summed E-state index contributed by atoms with van der Waals surface area (Å²) in [7, 11) is 0. The summed E-state index contributed by atoms with van der Waals surface area (Å²) in [5.74, 6) is -1.85. The number of hydrogen-bond donors (Lipinski definition) is 3. The van der Waals surface area contributed by atoms with Crippen LogP contribution < -0.4 is 5.32 Å². The lowest BCUT2D eigenvalue weighted by atomic mass is 9.94. The zero-order chi connectivity index (χ0) is 19.1. The number of aryl methyl sites for hydroxylation is 1. The summed E-state index contributed by atoms with van der Waals surface area (Å²) in [4.78, 5) is 27.0. The Kier molecular flexibility index (Phi) is 3.88. The Hall–Kier alpha value is -3.67. The maximum Gasteiger partial charge on any atom is 0.337 e. The monoisotopic (exact) mass is 362 g/mol. The molecule has 6 heteroatoms. The predicted molar refractivity (Wildman–Crippen MR) is 101 cm³/mol. The number of amides is 1. The zero-order valence-corrected chi connectivity index (χ0v) is 14.3. The molecule has 27 heavy (non-hydrogen) atoms. The quantitative estimate of drug-likeness (QED) is 0.607. The van der Waals surface area contributed by atoms with Crippen LogP contribution in [0.3, 0.4) is 0 Å². The van der Waals surface area contributed by atoms with Crippen LogP contribution in [0.1, 0.15) is 27.3 Å². The van der Waals surface area contributed by atoms with Gasteiger partial charge >= 0.3 is 5.97 Å². The van der Waals surface area contributed by atoms with Gasteiger partial charge in [0.25, 0.3) is 5.91 Å². The van der Waals surface area contributed by atoms with Crippen molar-refractivity contribution in [2.24, 2.45) is 0 Å². The number of carboxylic acids is 1. The molecule has 0 spiro atoms. The van der Waals surface area contributed by atoms with E-state index in [1.165, 1.54) is 18.2 Å². The predicted octanol–water partition coefficient (Wildman–Crippen LogP) is 4.32. The van der Waals surface area contributed by atoms with E-state index in [1.54, 1.807) is 43.3 Å². The van der Waals surface area contributed by atoms with E-state index >= 15 is 0 Å². The first kappa shape index (κ1) is 16.8. The number of halogens is 1. The molecule has 134 valence electrons. The molecule has 0 bridgehead atoms. The molecule has 3 N–H and O–H groups in total. The minimum atomic E-state index is -1.09. The van der Waals surface area contributed by atoms with Crippen LogP contribution in [-0.4, -0.2) is 22.0 Å². The molecule has 1 aliphatic heterocycles. The highest BCUT2D eigenvalue weighted by Crippen LogP contribution is 2.41. The Morgan fingerprint density at radius 1 is 1.11 bits per heavy atom. The minimum absolute atomic E-state index is 0.0737. The number of fused-ring (bicyclic) bond motifs is 1. The normalized spacial score (nSPS) is 14.3. The standard InChI is InChI=1S/C21H15FN2O3/c1-11-9-14(21(26)27)18(23-11)10-15-19-13(12-5-2-3-7-16(12)22)6-4-8-17(19)24-20(15)25/h2-10,23H,1H3,(H,24,25)(H,26,27)/b15-10-. The summed E-state index contributed by atoms with van der Waals surface area (Å²) < 4.78 is 14.4. The topological polar surface area (TPSA) is 82.2 Å². The molecule has 0 unspecified atom stereocenters. The molecule has 2 heterocycles. The van der Waals surface area contributed by atoms with Crippen molar-refractivity contribution < 1.29 is 19.1 Å². The van der Waals surface area contributed by atoms with Gasteiger partial charge in [0.15, 0.2) is 0 Å². The molecule has 0 saturated carbocycles. The third-order valence-electron chi connectivity index (χ3n) is 4.49. The lowest BCUT2D eigenvalue weighted by Crippen LogP contribution is -2.04. The highest BCUT2D eigenvalue weighted by atomic mass is 19.1. The van der Waals surface area contributed by atoms with Crippen molar-refractivity contribution in [3.8, 4) is 11.1 Å². The second-order valence-electron chi connectivity index (χ2n) is 6.30. The van der Waals surface area contributed by atoms with Gasteiger partial charge in [0, 0.05) is 22.5 Å². The first-order valence-corrected chi connectivity index (χ1v) is 8.30. The third-order valence-corrected chi connectivity index (χ3v) is 4.49. The Morgan fingerprint density at radius 3 is 2.59 bits per heavy atom. The fourth-order valence-corrected chi connectivity index (χ4v) is 3.34. The smallest absolute Gasteiger partial charge is 0.337 e. The average Bonchev–Trinajstić information content (AvgIpc) is 3.15. The number of benzene rings is 2. The lowest BCUT2D eigenvalue weighted by molar-refractivity contribution is -0.110. The summed E-state index contributed by atoms with van der Waals surface area (Å²) in [6.45, 7) is 1.74. The van der Waals surface area contributed by atoms with E-state index in [2.05, 4.69) is 10.3 Å². The van der Waals surface area contributed by atoms with E-state index in [0.29, 0.717) is 33.8 Å². The van der Waals surface area contributed by atoms with E-state index < -0.39 is 11.8 Å². The van der Waals surface area contributed by atoms with Gasteiger partial charge in [0.1, 0.15) is 5.82 Å². The van der Waals surface area contributed by atoms with Crippen LogP contribution in [0.4, 0.5) is 10.1 Å². The van der Waals surface area contributed by atoms with Crippen molar-refractivity contribution in [3.05, 3.63) is 76.9 Å². The zero-order valence-electron chi connectivity index (χ0n) is 14.3. The molecule has 0 atom stereocenters. The number of hydrogen-bond acceptors (Lipinski definition) is 2. The van der Waals surface area contributed by atoms with Gasteiger partial charge in [-0.1, -0.05) is 30.3 Å². The average molecular weight is 362 g/mol. The third kappa shape index (κ3) is 2.81. The molecular weight excluding hydrogens is 347 g/mol. The largest absolute Gasteiger partial charge is 0.478 e. The Balaban J connectivity index is 1.94. The van der Waals surface area contributed by atoms with E-state index in [4.69, 9.17) is 0 Å². The number of carbonyl (C=O) groups excluding carboxylic acids is 1. The Labute approximate surface area is 154 Å². The number of aromatic carboxylic acids is 1. The lowest BCUT2D eigenvalue weighted by Gasteiger charge is -2.09. The van der Waals surface area contributed by atoms with E-state index in [0.717, 1.165) is 0 Å². The fourth-order valence-electron chi connectivity index (χ4n) is 3.34. The molecule has 1 aromatic heterocycles. The van der Waals surface area contributed by atoms with Gasteiger partial charge in [-0.05, 0) is 36.8 Å². The molecule has 0 aliphatic carbocycles. The summed E-state index contributed by atoms with van der Waals surface area (Å²) in [5, 5.41) is 12.1. The van der Waals surface area contributed by atoms with Crippen molar-refractivity contribution in [3.63, 3.8) is 0 Å². The van der Waals surface area contributed by atoms with Gasteiger partial charge in [-0.2, -0.15) is 0 Å². The van der Waals surface area contributed by atoms with Gasteiger partial charge < -0.3 is 15.4 Å². The van der Waals surface area contributed by atoms with Crippen LogP contribution in [0, 0.1) is 12.7 Å². The SMILES string of the molecule is Cc1cc(C(=O)O)c(/C=C2\C(=O)Nc3cccc(-c4ccccc4F)c32)[nH]1. The summed E-state index contributed by atoms with van der Waals surface area (Å²) in [5.41, 5.74) is 3.40. The Bertz CT molecular complexity index is 1130. The van der Waals surface area contributed by atoms with Crippen molar-refractivity contribution >= 4 is 29.2 Å². The van der Waals surface area contributed by atoms with Gasteiger partial charge in [-0.3, -0.25) is 4.79 Å². The number of aromatic amines is 1. The molecule has 3 aromatic rings. The van der Waals surface area contributed by atoms with E-state index in [-0.39, 0.29) is 17.0 Å². The molecule has 4 rings (SSSR count). The van der Waals surface area contributed by atoms with Crippen molar-refractivity contribution in [2.45, 2.75) is 6.92 Å². The summed E-state index contributed by atoms with van der Waals surface area (Å²) in [6, 6.07) is 13.0. The summed E-state index contributed by atoms with van der Waals surface area (Å²) in [6.07, 6.45) is 1.50. The number of nitrogens with one attached hydrogen (secondary N) is 2. The van der Waals surface area contributed by atoms with Crippen molar-refractivity contribution in [1.29, 1.82) is 0 Å². The number of anilines is 1. The number of carbonyl (C=O) groups is 2. The van der Waals surface area contributed by atoms with Crippen LogP contribution in [0.2, 0.25) is 0 Å². The molecule has 0 saturated heterocycles.